The van der Waals surface area contributed by atoms with Crippen molar-refractivity contribution in [2.45, 2.75) is 37.5 Å². The molecule has 1 aliphatic rings. The van der Waals surface area contributed by atoms with E-state index in [2.05, 4.69) is 33.4 Å². The number of likely N-dealkylation sites (N-methyl/N-ethyl adjacent to an activating group) is 2. The molecule has 1 aromatic rings. The molecule has 0 saturated heterocycles. The summed E-state index contributed by atoms with van der Waals surface area (Å²) in [7, 11) is 3.84. The van der Waals surface area contributed by atoms with Crippen LogP contribution in [0.2, 0.25) is 0 Å². The molecular weight excluding hydrogens is 364 g/mol. The van der Waals surface area contributed by atoms with E-state index in [4.69, 9.17) is 0 Å². The van der Waals surface area contributed by atoms with Crippen LogP contribution in [0.3, 0.4) is 0 Å². The zero-order chi connectivity index (χ0) is 15.3. The molecule has 0 atom stereocenters. The third-order valence-electron chi connectivity index (χ3n) is 4.54. The number of carbonyl (C=O) groups is 1. The number of nitrogens with one attached hydrogen (secondary N) is 1. The highest BCUT2D eigenvalue weighted by Crippen LogP contribution is 2.41. The van der Waals surface area contributed by atoms with Gasteiger partial charge in [-0.3, -0.25) is 4.79 Å². The van der Waals surface area contributed by atoms with Gasteiger partial charge in [0, 0.05) is 24.6 Å². The number of hydrogen-bond acceptors (Lipinski definition) is 2. The fourth-order valence-corrected chi connectivity index (χ4v) is 3.71. The summed E-state index contributed by atoms with van der Waals surface area (Å²) >= 11 is 3.55. The lowest BCUT2D eigenvalue weighted by molar-refractivity contribution is -0.137. The van der Waals surface area contributed by atoms with Crippen LogP contribution in [0.4, 0.5) is 0 Å². The molecule has 0 aromatic heterocycles. The smallest absolute Gasteiger partial charge is 0.233 e. The normalized spacial score (nSPS) is 16.7. The van der Waals surface area contributed by atoms with Crippen molar-refractivity contribution in [3.63, 3.8) is 0 Å². The first-order valence-corrected chi connectivity index (χ1v) is 8.56. The van der Waals surface area contributed by atoms with Crippen LogP contribution in [0, 0.1) is 0 Å². The molecule has 0 spiro atoms. The molecule has 1 saturated carbocycles. The van der Waals surface area contributed by atoms with Crippen molar-refractivity contribution in [1.29, 1.82) is 0 Å². The molecule has 0 bridgehead atoms. The summed E-state index contributed by atoms with van der Waals surface area (Å²) in [5.74, 6) is 0.274. The number of halogens is 2. The summed E-state index contributed by atoms with van der Waals surface area (Å²) in [5.41, 5.74) is 0.836. The van der Waals surface area contributed by atoms with Crippen molar-refractivity contribution in [2.24, 2.45) is 0 Å². The van der Waals surface area contributed by atoms with Crippen molar-refractivity contribution < 1.29 is 4.79 Å². The Morgan fingerprint density at radius 2 is 2.00 bits per heavy atom. The molecule has 5 heteroatoms. The molecular formula is C17H26BrClN2O. The Morgan fingerprint density at radius 1 is 1.32 bits per heavy atom. The van der Waals surface area contributed by atoms with Gasteiger partial charge in [0.25, 0.3) is 0 Å². The molecule has 22 heavy (non-hydrogen) atoms. The van der Waals surface area contributed by atoms with E-state index >= 15 is 0 Å². The Hall–Kier alpha value is -0.580. The number of benzene rings is 1. The first-order chi connectivity index (χ1) is 10.1. The van der Waals surface area contributed by atoms with Gasteiger partial charge in [0.05, 0.1) is 5.41 Å². The van der Waals surface area contributed by atoms with Gasteiger partial charge in [-0.1, -0.05) is 47.3 Å². The zero-order valence-electron chi connectivity index (χ0n) is 13.4. The van der Waals surface area contributed by atoms with E-state index in [0.29, 0.717) is 0 Å². The predicted molar refractivity (Wildman–Crippen MR) is 97.7 cm³/mol. The minimum absolute atomic E-state index is 0. The van der Waals surface area contributed by atoms with Crippen molar-refractivity contribution in [3.05, 3.63) is 34.3 Å². The number of amides is 1. The fraction of sp³-hybridized carbons (Fsp3) is 0.588. The first kappa shape index (κ1) is 19.5. The van der Waals surface area contributed by atoms with Crippen LogP contribution in [0.15, 0.2) is 28.7 Å². The van der Waals surface area contributed by atoms with Crippen LogP contribution >= 0.6 is 28.3 Å². The van der Waals surface area contributed by atoms with E-state index < -0.39 is 0 Å². The lowest BCUT2D eigenvalue weighted by atomic mass is 9.68. The lowest BCUT2D eigenvalue weighted by Crippen LogP contribution is -2.48. The van der Waals surface area contributed by atoms with Crippen molar-refractivity contribution >= 4 is 34.2 Å². The third-order valence-corrected chi connectivity index (χ3v) is 5.03. The summed E-state index contributed by atoms with van der Waals surface area (Å²) in [6.07, 6.45) is 5.44. The second-order valence-electron chi connectivity index (χ2n) is 5.98. The highest BCUT2D eigenvalue weighted by molar-refractivity contribution is 9.10. The van der Waals surface area contributed by atoms with Gasteiger partial charge in [-0.25, -0.2) is 0 Å². The van der Waals surface area contributed by atoms with E-state index in [1.165, 1.54) is 6.42 Å². The van der Waals surface area contributed by atoms with Crippen molar-refractivity contribution in [3.8, 4) is 0 Å². The summed E-state index contributed by atoms with van der Waals surface area (Å²) in [4.78, 5) is 15.0. The number of carbonyl (C=O) groups excluding carboxylic acids is 1. The molecule has 1 aromatic carbocycles. The van der Waals surface area contributed by atoms with Gasteiger partial charge >= 0.3 is 0 Å². The van der Waals surface area contributed by atoms with Crippen LogP contribution in [0.5, 0.6) is 0 Å². The van der Waals surface area contributed by atoms with E-state index in [1.807, 2.05) is 31.1 Å². The Bertz CT molecular complexity index is 489. The highest BCUT2D eigenvalue weighted by Gasteiger charge is 2.42. The molecule has 0 aliphatic heterocycles. The maximum Gasteiger partial charge on any atom is 0.233 e. The minimum Gasteiger partial charge on any atom is -0.344 e. The molecule has 0 heterocycles. The fourth-order valence-electron chi connectivity index (χ4n) is 3.31. The van der Waals surface area contributed by atoms with Crippen LogP contribution < -0.4 is 5.32 Å². The predicted octanol–water partition coefficient (Wildman–Crippen LogP) is 3.75. The largest absolute Gasteiger partial charge is 0.344 e. The van der Waals surface area contributed by atoms with Crippen molar-refractivity contribution in [2.75, 3.05) is 27.2 Å². The lowest BCUT2D eigenvalue weighted by Gasteiger charge is -2.39. The number of nitrogens with zero attached hydrogens (tertiary/aromatic N) is 1. The van der Waals surface area contributed by atoms with E-state index in [-0.39, 0.29) is 23.7 Å². The first-order valence-electron chi connectivity index (χ1n) is 7.76. The second-order valence-corrected chi connectivity index (χ2v) is 6.90. The van der Waals surface area contributed by atoms with Gasteiger partial charge in [0.1, 0.15) is 0 Å². The van der Waals surface area contributed by atoms with Gasteiger partial charge in [0.2, 0.25) is 5.91 Å². The molecule has 1 aliphatic carbocycles. The Labute approximate surface area is 148 Å². The zero-order valence-corrected chi connectivity index (χ0v) is 15.8. The van der Waals surface area contributed by atoms with Crippen LogP contribution in [0.25, 0.3) is 0 Å². The monoisotopic (exact) mass is 388 g/mol. The molecule has 1 fully saturated rings. The maximum absolute atomic E-state index is 13.1. The average molecular weight is 390 g/mol. The Kier molecular flexibility index (Phi) is 7.87. The SMILES string of the molecule is CNCCN(C)C(=O)C1(c2cccc(Br)c2)CCCCC1.Cl. The maximum atomic E-state index is 13.1. The number of rotatable bonds is 5. The Balaban J connectivity index is 0.00000242. The van der Waals surface area contributed by atoms with Crippen LogP contribution in [-0.2, 0) is 10.2 Å². The molecule has 0 radical (unpaired) electrons. The summed E-state index contributed by atoms with van der Waals surface area (Å²) in [6, 6.07) is 8.29. The van der Waals surface area contributed by atoms with Crippen LogP contribution in [-0.4, -0.2) is 38.0 Å². The molecule has 3 nitrogen and oxygen atoms in total. The van der Waals surface area contributed by atoms with Gasteiger partial charge in [-0.15, -0.1) is 12.4 Å². The highest BCUT2D eigenvalue weighted by atomic mass is 79.9. The second kappa shape index (κ2) is 8.90. The Morgan fingerprint density at radius 3 is 2.59 bits per heavy atom. The standard InChI is InChI=1S/C17H25BrN2O.ClH/c1-19-11-12-20(2)16(21)17(9-4-3-5-10-17)14-7-6-8-15(18)13-14;/h6-8,13,19H,3-5,9-12H2,1-2H3;1H. The number of hydrogen-bond donors (Lipinski definition) is 1. The summed E-state index contributed by atoms with van der Waals surface area (Å²) < 4.78 is 1.05. The molecule has 2 rings (SSSR count). The topological polar surface area (TPSA) is 32.3 Å². The van der Waals surface area contributed by atoms with Gasteiger partial charge in [-0.05, 0) is 37.6 Å². The third kappa shape index (κ3) is 4.24. The van der Waals surface area contributed by atoms with Crippen molar-refractivity contribution in [1.82, 2.24) is 10.2 Å². The minimum atomic E-state index is -0.329. The van der Waals surface area contributed by atoms with Crippen LogP contribution in [0.1, 0.15) is 37.7 Å². The quantitative estimate of drug-likeness (QED) is 0.832. The summed E-state index contributed by atoms with van der Waals surface area (Å²) in [6.45, 7) is 1.59. The van der Waals surface area contributed by atoms with E-state index in [0.717, 1.165) is 48.8 Å². The molecule has 1 N–H and O–H groups in total. The average Bonchev–Trinajstić information content (AvgIpc) is 2.52. The van der Waals surface area contributed by atoms with E-state index in [9.17, 15) is 4.79 Å². The molecule has 124 valence electrons. The molecule has 0 unspecified atom stereocenters. The van der Waals surface area contributed by atoms with Gasteiger partial charge < -0.3 is 10.2 Å². The van der Waals surface area contributed by atoms with Gasteiger partial charge in [-0.2, -0.15) is 0 Å². The summed E-state index contributed by atoms with van der Waals surface area (Å²) in [5, 5.41) is 3.12. The van der Waals surface area contributed by atoms with Gasteiger partial charge in [0.15, 0.2) is 0 Å². The molecule has 1 amide bonds. The van der Waals surface area contributed by atoms with E-state index in [1.54, 1.807) is 0 Å².